The van der Waals surface area contributed by atoms with Crippen LogP contribution in [0.5, 0.6) is 0 Å². The number of nitrogens with one attached hydrogen (secondary N) is 5. The zero-order valence-corrected chi connectivity index (χ0v) is 30.7. The Bertz CT molecular complexity index is 2700. The van der Waals surface area contributed by atoms with Crippen molar-refractivity contribution in [3.05, 3.63) is 156 Å². The number of carbonyl (C=O) groups is 2. The van der Waals surface area contributed by atoms with Crippen LogP contribution in [-0.4, -0.2) is 34.0 Å². The summed E-state index contributed by atoms with van der Waals surface area (Å²) in [5, 5.41) is 16.4. The van der Waals surface area contributed by atoms with Crippen molar-refractivity contribution >= 4 is 50.9 Å². The minimum absolute atomic E-state index is 0.0487. The molecule has 0 saturated heterocycles. The first-order chi connectivity index (χ1) is 27.0. The fourth-order valence-electron chi connectivity index (χ4n) is 5.75. The summed E-state index contributed by atoms with van der Waals surface area (Å²) in [7, 11) is 1.52. The van der Waals surface area contributed by atoms with Crippen LogP contribution in [0, 0.1) is 46.2 Å². The lowest BCUT2D eigenvalue weighted by Gasteiger charge is -2.26. The average molecular weight is 810 g/mol. The quantitative estimate of drug-likeness (QED) is 0.103. The number of H-pyrrole nitrogens is 2. The highest BCUT2D eigenvalue weighted by Gasteiger charge is 2.23. The van der Waals surface area contributed by atoms with Crippen LogP contribution in [0.25, 0.3) is 21.5 Å². The number of nitrogens with zero attached hydrogens (tertiary/aromatic N) is 2. The molecular weight excluding hydrogens is 780 g/mol. The van der Waals surface area contributed by atoms with E-state index in [9.17, 15) is 45.5 Å². The molecule has 0 radical (unpaired) electrons. The molecule has 0 bridgehead atoms. The maximum absolute atomic E-state index is 14.1. The number of pyridine rings is 2. The Morgan fingerprint density at radius 3 is 2.11 bits per heavy atom. The molecule has 2 heterocycles. The first kappa shape index (κ1) is 41.4. The number of nitriles is 1. The van der Waals surface area contributed by atoms with E-state index >= 15 is 0 Å². The molecular formula is C39H30ClF6N7O4. The summed E-state index contributed by atoms with van der Waals surface area (Å²) in [4.78, 5) is 54.7. The molecule has 4 aromatic carbocycles. The van der Waals surface area contributed by atoms with Gasteiger partial charge < -0.3 is 30.8 Å². The lowest BCUT2D eigenvalue weighted by molar-refractivity contribution is 0.194. The second-order valence-corrected chi connectivity index (χ2v) is 13.0. The zero-order valence-electron chi connectivity index (χ0n) is 30.0. The predicted octanol–water partition coefficient (Wildman–Crippen LogP) is 8.20. The minimum atomic E-state index is -1.24. The van der Waals surface area contributed by atoms with Crippen LogP contribution < -0.4 is 27.1 Å². The number of aromatic amines is 2. The molecule has 0 aliphatic heterocycles. The highest BCUT2D eigenvalue weighted by Crippen LogP contribution is 2.28. The van der Waals surface area contributed by atoms with E-state index in [2.05, 4.69) is 25.9 Å². The molecule has 0 aliphatic rings. The number of rotatable bonds is 7. The Labute approximate surface area is 323 Å². The summed E-state index contributed by atoms with van der Waals surface area (Å²) >= 11 is 5.73. The molecule has 4 amide bonds. The highest BCUT2D eigenvalue weighted by atomic mass is 35.5. The molecule has 6 aromatic rings. The van der Waals surface area contributed by atoms with Gasteiger partial charge in [-0.05, 0) is 89.8 Å². The van der Waals surface area contributed by atoms with E-state index in [0.29, 0.717) is 16.7 Å². The fraction of sp³-hybridized carbons (Fsp3) is 0.154. The predicted molar refractivity (Wildman–Crippen MR) is 200 cm³/mol. The third-order valence-corrected chi connectivity index (χ3v) is 9.19. The molecule has 57 heavy (non-hydrogen) atoms. The molecule has 2 atom stereocenters. The van der Waals surface area contributed by atoms with E-state index in [1.165, 1.54) is 60.7 Å². The largest absolute Gasteiger partial charge is 0.334 e. The van der Waals surface area contributed by atoms with Gasteiger partial charge in [0, 0.05) is 31.7 Å². The van der Waals surface area contributed by atoms with Crippen molar-refractivity contribution in [2.75, 3.05) is 12.4 Å². The topological polar surface area (TPSA) is 163 Å². The lowest BCUT2D eigenvalue weighted by Crippen LogP contribution is -2.38. The molecule has 2 aromatic heterocycles. The summed E-state index contributed by atoms with van der Waals surface area (Å²) in [6.07, 6.45) is 2.68. The fourth-order valence-corrected chi connectivity index (χ4v) is 5.95. The molecule has 18 heteroatoms. The number of benzene rings is 4. The van der Waals surface area contributed by atoms with Crippen molar-refractivity contribution < 1.29 is 35.9 Å². The first-order valence-corrected chi connectivity index (χ1v) is 17.1. The summed E-state index contributed by atoms with van der Waals surface area (Å²) in [5.74, 6) is -5.91. The van der Waals surface area contributed by atoms with Gasteiger partial charge in [0.2, 0.25) is 0 Å². The number of amides is 4. The molecule has 0 fully saturated rings. The first-order valence-electron chi connectivity index (χ1n) is 16.7. The van der Waals surface area contributed by atoms with Gasteiger partial charge in [0.1, 0.15) is 17.7 Å². The van der Waals surface area contributed by atoms with Gasteiger partial charge in [-0.2, -0.15) is 5.26 Å². The molecule has 0 spiro atoms. The number of anilines is 1. The van der Waals surface area contributed by atoms with Crippen molar-refractivity contribution in [3.63, 3.8) is 0 Å². The van der Waals surface area contributed by atoms with Crippen LogP contribution in [0.2, 0.25) is 5.02 Å². The summed E-state index contributed by atoms with van der Waals surface area (Å²) in [6, 6.07) is 10.8. The molecule has 11 nitrogen and oxygen atoms in total. The third kappa shape index (κ3) is 9.19. The number of hydrogen-bond acceptors (Lipinski definition) is 5. The number of aromatic nitrogens is 2. The number of carbonyl (C=O) groups excluding carboxylic acids is 2. The van der Waals surface area contributed by atoms with Crippen LogP contribution in [0.3, 0.4) is 0 Å². The maximum Gasteiger partial charge on any atom is 0.319 e. The van der Waals surface area contributed by atoms with Crippen molar-refractivity contribution in [2.45, 2.75) is 32.5 Å². The standard InChI is InChI=1S/C20H17ClF3N3O2.C19H13F3N4O2/c1-10(13-9-25-19(28)17-12(13)4-6-16(23)18(17)24)27(2)20(29)26-8-11-3-5-15(22)14(21)7-11;1-9(25-19(28)26-11-2-3-15(20)10(4-11)7-23)14-8-24-18(27)13-6-17(22)16(21)5-12(13)14/h3-7,9-10H,8H2,1-2H3,(H,25,28)(H,26,29);2-6,8-9H,1H3,(H,24,27)(H2,25,26,28). The van der Waals surface area contributed by atoms with Crippen LogP contribution in [0.1, 0.15) is 48.2 Å². The Balaban J connectivity index is 0.000000218. The second kappa shape index (κ2) is 17.3. The van der Waals surface area contributed by atoms with E-state index in [1.54, 1.807) is 19.9 Å². The normalized spacial score (nSPS) is 11.9. The molecule has 0 saturated carbocycles. The van der Waals surface area contributed by atoms with Crippen molar-refractivity contribution in [1.29, 1.82) is 5.26 Å². The Kier molecular flexibility index (Phi) is 12.6. The van der Waals surface area contributed by atoms with Crippen molar-refractivity contribution in [1.82, 2.24) is 25.5 Å². The van der Waals surface area contributed by atoms with E-state index < -0.39 is 75.6 Å². The summed E-state index contributed by atoms with van der Waals surface area (Å²) < 4.78 is 81.3. The maximum atomic E-state index is 14.1. The molecule has 6 rings (SSSR count). The molecule has 294 valence electrons. The van der Waals surface area contributed by atoms with Gasteiger partial charge in [-0.15, -0.1) is 0 Å². The van der Waals surface area contributed by atoms with Crippen LogP contribution >= 0.6 is 11.6 Å². The molecule has 0 aliphatic carbocycles. The number of urea groups is 2. The van der Waals surface area contributed by atoms with Gasteiger partial charge >= 0.3 is 12.1 Å². The van der Waals surface area contributed by atoms with Crippen molar-refractivity contribution in [2.24, 2.45) is 0 Å². The number of halogens is 7. The van der Waals surface area contributed by atoms with Gasteiger partial charge in [0.15, 0.2) is 23.3 Å². The van der Waals surface area contributed by atoms with Gasteiger partial charge in [0.05, 0.1) is 33.4 Å². The van der Waals surface area contributed by atoms with Crippen molar-refractivity contribution in [3.8, 4) is 6.07 Å². The smallest absolute Gasteiger partial charge is 0.319 e. The van der Waals surface area contributed by atoms with Crippen LogP contribution in [-0.2, 0) is 6.54 Å². The minimum Gasteiger partial charge on any atom is -0.334 e. The van der Waals surface area contributed by atoms with Gasteiger partial charge in [0.25, 0.3) is 11.1 Å². The van der Waals surface area contributed by atoms with Gasteiger partial charge in [-0.3, -0.25) is 9.59 Å². The number of fused-ring (bicyclic) bond motifs is 2. The lowest BCUT2D eigenvalue weighted by atomic mass is 10.0. The Morgan fingerprint density at radius 1 is 0.789 bits per heavy atom. The number of hydrogen-bond donors (Lipinski definition) is 5. The zero-order chi connectivity index (χ0) is 41.7. The Hall–Kier alpha value is -6.80. The van der Waals surface area contributed by atoms with Gasteiger partial charge in [-0.1, -0.05) is 23.7 Å². The second-order valence-electron chi connectivity index (χ2n) is 12.6. The average Bonchev–Trinajstić information content (AvgIpc) is 3.17. The SMILES string of the molecule is CC(NC(=O)Nc1ccc(F)c(C#N)c1)c1c[nH]c(=O)c2cc(F)c(F)cc12.CC(c1c[nH]c(=O)c2c(F)c(F)ccc12)N(C)C(=O)NCc1ccc(F)c(Cl)c1. The summed E-state index contributed by atoms with van der Waals surface area (Å²) in [5.41, 5.74) is 0.0363. The highest BCUT2D eigenvalue weighted by molar-refractivity contribution is 6.30. The van der Waals surface area contributed by atoms with Crippen LogP contribution in [0.4, 0.5) is 41.6 Å². The summed E-state index contributed by atoms with van der Waals surface area (Å²) in [6.45, 7) is 3.38. The Morgan fingerprint density at radius 2 is 1.42 bits per heavy atom. The monoisotopic (exact) mass is 809 g/mol. The van der Waals surface area contributed by atoms with Crippen LogP contribution in [0.15, 0.2) is 82.6 Å². The van der Waals surface area contributed by atoms with E-state index in [-0.39, 0.29) is 39.0 Å². The van der Waals surface area contributed by atoms with Gasteiger partial charge in [-0.25, -0.2) is 35.9 Å². The molecule has 2 unspecified atom stereocenters. The van der Waals surface area contributed by atoms with E-state index in [1.807, 2.05) is 0 Å². The van der Waals surface area contributed by atoms with E-state index in [0.717, 1.165) is 24.3 Å². The third-order valence-electron chi connectivity index (χ3n) is 8.90. The van der Waals surface area contributed by atoms with E-state index in [4.69, 9.17) is 16.9 Å². The molecule has 5 N–H and O–H groups in total.